The number of hydrogen-bond acceptors (Lipinski definition) is 4. The highest BCUT2D eigenvalue weighted by Crippen LogP contribution is 2.15. The van der Waals surface area contributed by atoms with Gasteiger partial charge in [-0.15, -0.1) is 0 Å². The summed E-state index contributed by atoms with van der Waals surface area (Å²) in [5.74, 6) is -1.05. The molecule has 2 N–H and O–H groups in total. The van der Waals surface area contributed by atoms with E-state index >= 15 is 0 Å². The Hall–Kier alpha value is -0.900. The minimum Gasteiger partial charge on any atom is -0.392 e. The Morgan fingerprint density at radius 2 is 0.935 bits per heavy atom. The lowest BCUT2D eigenvalue weighted by Gasteiger charge is -2.13. The van der Waals surface area contributed by atoms with E-state index in [2.05, 4.69) is 6.92 Å². The van der Waals surface area contributed by atoms with Crippen LogP contribution in [0.3, 0.4) is 0 Å². The van der Waals surface area contributed by atoms with Crippen molar-refractivity contribution >= 4 is 11.9 Å². The number of ether oxygens (including phenoxy) is 1. The van der Waals surface area contributed by atoms with Crippen molar-refractivity contribution in [2.75, 3.05) is 0 Å². The Kier molecular flexibility index (Phi) is 21.7. The highest BCUT2D eigenvalue weighted by atomic mass is 16.6. The van der Waals surface area contributed by atoms with Gasteiger partial charge in [-0.2, -0.15) is 0 Å². The minimum atomic E-state index is -0.714. The lowest BCUT2D eigenvalue weighted by atomic mass is 10.0. The molecule has 0 bridgehead atoms. The van der Waals surface area contributed by atoms with Crippen LogP contribution in [0.2, 0.25) is 0 Å². The van der Waals surface area contributed by atoms with Gasteiger partial charge in [-0.25, -0.2) is 4.79 Å². The molecular weight excluding hydrogens is 386 g/mol. The predicted molar refractivity (Wildman–Crippen MR) is 132 cm³/mol. The highest BCUT2D eigenvalue weighted by Gasteiger charge is 2.21. The minimum absolute atomic E-state index is 0.0183. The van der Waals surface area contributed by atoms with Crippen molar-refractivity contribution in [3.8, 4) is 0 Å². The zero-order chi connectivity index (χ0) is 23.2. The number of carbonyl (C=O) groups excluding carboxylic acids is 2. The molecule has 0 aromatic heterocycles. The molecule has 0 fully saturated rings. The van der Waals surface area contributed by atoms with Gasteiger partial charge in [0.25, 0.3) is 0 Å². The Balaban J connectivity index is 3.25. The first kappa shape index (κ1) is 30.1. The van der Waals surface area contributed by atoms with Crippen LogP contribution in [0, 0.1) is 5.92 Å². The van der Waals surface area contributed by atoms with Crippen molar-refractivity contribution in [2.24, 2.45) is 11.7 Å². The molecule has 184 valence electrons. The maximum atomic E-state index is 11.7. The van der Waals surface area contributed by atoms with E-state index in [0.29, 0.717) is 6.42 Å². The topological polar surface area (TPSA) is 69.4 Å². The molecule has 4 heteroatoms. The van der Waals surface area contributed by atoms with Gasteiger partial charge in [0.15, 0.2) is 0 Å². The number of carbonyl (C=O) groups is 2. The second-order valence-electron chi connectivity index (χ2n) is 9.68. The van der Waals surface area contributed by atoms with Crippen molar-refractivity contribution in [1.29, 1.82) is 0 Å². The lowest BCUT2D eigenvalue weighted by Crippen LogP contribution is -2.38. The maximum Gasteiger partial charge on any atom is 0.330 e. The van der Waals surface area contributed by atoms with Gasteiger partial charge in [0.1, 0.15) is 6.04 Å². The number of rotatable bonds is 22. The van der Waals surface area contributed by atoms with Crippen LogP contribution in [0.15, 0.2) is 0 Å². The van der Waals surface area contributed by atoms with Crippen molar-refractivity contribution in [3.05, 3.63) is 0 Å². The zero-order valence-electron chi connectivity index (χ0n) is 21.1. The predicted octanol–water partition coefficient (Wildman–Crippen LogP) is 7.86. The summed E-state index contributed by atoms with van der Waals surface area (Å²) in [5, 5.41) is 0. The summed E-state index contributed by atoms with van der Waals surface area (Å²) in [7, 11) is 0. The zero-order valence-corrected chi connectivity index (χ0v) is 21.1. The average molecular weight is 440 g/mol. The molecule has 0 amide bonds. The number of unbranched alkanes of at least 4 members (excludes halogenated alkanes) is 18. The van der Waals surface area contributed by atoms with Crippen LogP contribution in [-0.4, -0.2) is 18.0 Å². The molecule has 1 atom stereocenters. The molecule has 4 nitrogen and oxygen atoms in total. The quantitative estimate of drug-likeness (QED) is 0.106. The van der Waals surface area contributed by atoms with E-state index in [1.807, 2.05) is 13.8 Å². The third-order valence-electron chi connectivity index (χ3n) is 6.19. The molecule has 0 aliphatic rings. The van der Waals surface area contributed by atoms with E-state index in [-0.39, 0.29) is 5.92 Å². The van der Waals surface area contributed by atoms with Crippen LogP contribution in [-0.2, 0) is 14.3 Å². The fourth-order valence-corrected chi connectivity index (χ4v) is 3.85. The Bertz CT molecular complexity index is 423. The van der Waals surface area contributed by atoms with Crippen molar-refractivity contribution < 1.29 is 14.3 Å². The van der Waals surface area contributed by atoms with Gasteiger partial charge >= 0.3 is 11.9 Å². The summed E-state index contributed by atoms with van der Waals surface area (Å²) < 4.78 is 4.81. The smallest absolute Gasteiger partial charge is 0.330 e. The largest absolute Gasteiger partial charge is 0.392 e. The second-order valence-corrected chi connectivity index (χ2v) is 9.68. The first-order valence-electron chi connectivity index (χ1n) is 13.5. The van der Waals surface area contributed by atoms with Crippen molar-refractivity contribution in [3.63, 3.8) is 0 Å². The van der Waals surface area contributed by atoms with Crippen molar-refractivity contribution in [2.45, 2.75) is 155 Å². The molecule has 0 aromatic rings. The van der Waals surface area contributed by atoms with Crippen LogP contribution in [0.5, 0.6) is 0 Å². The van der Waals surface area contributed by atoms with Gasteiger partial charge in [0.2, 0.25) is 0 Å². The third kappa shape index (κ3) is 20.7. The van der Waals surface area contributed by atoms with Crippen LogP contribution in [0.1, 0.15) is 149 Å². The van der Waals surface area contributed by atoms with E-state index in [1.54, 1.807) is 0 Å². The Labute approximate surface area is 193 Å². The van der Waals surface area contributed by atoms with Crippen LogP contribution in [0.4, 0.5) is 0 Å². The summed E-state index contributed by atoms with van der Waals surface area (Å²) in [6.07, 6.45) is 25.5. The molecule has 0 rings (SSSR count). The van der Waals surface area contributed by atoms with Crippen LogP contribution < -0.4 is 5.73 Å². The summed E-state index contributed by atoms with van der Waals surface area (Å²) in [6, 6.07) is -0.714. The molecule has 0 aliphatic carbocycles. The van der Waals surface area contributed by atoms with Gasteiger partial charge in [-0.05, 0) is 12.3 Å². The SMILES string of the molecule is CCCCCCCCCCCCCCCCCCCCCC(=O)OC(=O)[C@@H](N)C(C)C. The van der Waals surface area contributed by atoms with E-state index in [1.165, 1.54) is 103 Å². The molecule has 0 aromatic carbocycles. The molecule has 0 saturated heterocycles. The monoisotopic (exact) mass is 439 g/mol. The normalized spacial score (nSPS) is 12.3. The first-order chi connectivity index (χ1) is 15.0. The van der Waals surface area contributed by atoms with Gasteiger partial charge in [-0.1, -0.05) is 136 Å². The standard InChI is InChI=1S/C27H53NO3/c1-4-5-6-7-8-9-10-11-12-13-14-15-16-17-18-19-20-21-22-23-25(29)31-27(30)26(28)24(2)3/h24,26H,4-23,28H2,1-3H3/t26-/m0/s1. The van der Waals surface area contributed by atoms with E-state index < -0.39 is 18.0 Å². The molecule has 31 heavy (non-hydrogen) atoms. The fraction of sp³-hybridized carbons (Fsp3) is 0.926. The van der Waals surface area contributed by atoms with Crippen molar-refractivity contribution in [1.82, 2.24) is 0 Å². The fourth-order valence-electron chi connectivity index (χ4n) is 3.85. The van der Waals surface area contributed by atoms with E-state index in [9.17, 15) is 9.59 Å². The van der Waals surface area contributed by atoms with Crippen LogP contribution in [0.25, 0.3) is 0 Å². The van der Waals surface area contributed by atoms with Gasteiger partial charge < -0.3 is 10.5 Å². The average Bonchev–Trinajstić information content (AvgIpc) is 2.74. The molecule has 0 unspecified atom stereocenters. The summed E-state index contributed by atoms with van der Waals surface area (Å²) in [5.41, 5.74) is 5.68. The number of esters is 2. The van der Waals surface area contributed by atoms with E-state index in [0.717, 1.165) is 19.3 Å². The van der Waals surface area contributed by atoms with Gasteiger partial charge in [0, 0.05) is 6.42 Å². The van der Waals surface area contributed by atoms with Gasteiger partial charge in [-0.3, -0.25) is 4.79 Å². The maximum absolute atomic E-state index is 11.7. The molecule has 0 spiro atoms. The lowest BCUT2D eigenvalue weighted by molar-refractivity contribution is -0.161. The molecule has 0 saturated carbocycles. The number of nitrogens with two attached hydrogens (primary N) is 1. The highest BCUT2D eigenvalue weighted by molar-refractivity contribution is 5.88. The van der Waals surface area contributed by atoms with Crippen LogP contribution >= 0.6 is 0 Å². The third-order valence-corrected chi connectivity index (χ3v) is 6.19. The Morgan fingerprint density at radius 3 is 1.26 bits per heavy atom. The summed E-state index contributed by atoms with van der Waals surface area (Å²) >= 11 is 0. The summed E-state index contributed by atoms with van der Waals surface area (Å²) in [6.45, 7) is 5.96. The summed E-state index contributed by atoms with van der Waals surface area (Å²) in [4.78, 5) is 23.3. The Morgan fingerprint density at radius 1 is 0.613 bits per heavy atom. The number of hydrogen-bond donors (Lipinski definition) is 1. The molecule has 0 radical (unpaired) electrons. The second kappa shape index (κ2) is 22.3. The molecular formula is C27H53NO3. The molecule has 0 heterocycles. The molecule has 0 aliphatic heterocycles. The van der Waals surface area contributed by atoms with E-state index in [4.69, 9.17) is 10.5 Å². The van der Waals surface area contributed by atoms with Gasteiger partial charge in [0.05, 0.1) is 0 Å². The first-order valence-corrected chi connectivity index (χ1v) is 13.5.